The van der Waals surface area contributed by atoms with E-state index < -0.39 is 10.4 Å². The van der Waals surface area contributed by atoms with E-state index in [9.17, 15) is 8.42 Å². The van der Waals surface area contributed by atoms with Gasteiger partial charge in [0.15, 0.2) is 0 Å². The van der Waals surface area contributed by atoms with Gasteiger partial charge in [0.1, 0.15) is 0 Å². The summed E-state index contributed by atoms with van der Waals surface area (Å²) in [5.41, 5.74) is 0. The highest BCUT2D eigenvalue weighted by Gasteiger charge is 2.12. The Morgan fingerprint density at radius 1 is 0.762 bits per heavy atom. The van der Waals surface area contributed by atoms with Crippen LogP contribution in [0.2, 0.25) is 0 Å². The second-order valence-corrected chi connectivity index (χ2v) is 5.53. The molecule has 0 bridgehead atoms. The van der Waals surface area contributed by atoms with Crippen LogP contribution in [0, 0.1) is 0 Å². The zero-order valence-corrected chi connectivity index (χ0v) is 13.9. The molecule has 0 unspecified atom stereocenters. The number of hydrogen-bond donors (Lipinski definition) is 0. The first kappa shape index (κ1) is 20.8. The molecule has 0 spiro atoms. The lowest BCUT2D eigenvalue weighted by Gasteiger charge is -2.06. The van der Waals surface area contributed by atoms with Crippen LogP contribution < -0.4 is 0 Å². The SMILES string of the molecule is CCCCCCCOOS(=O)(=O)OCCOCCOCC. The molecule has 0 saturated carbocycles. The van der Waals surface area contributed by atoms with Gasteiger partial charge in [-0.15, -0.1) is 0 Å². The first-order valence-electron chi connectivity index (χ1n) is 7.48. The molecule has 0 saturated heterocycles. The molecule has 0 heterocycles. The molecular formula is C13H28O7S. The predicted molar refractivity (Wildman–Crippen MR) is 78.0 cm³/mol. The highest BCUT2D eigenvalue weighted by atomic mass is 32.3. The van der Waals surface area contributed by atoms with E-state index in [1.165, 1.54) is 6.42 Å². The molecule has 7 nitrogen and oxygen atoms in total. The summed E-state index contributed by atoms with van der Waals surface area (Å²) in [6, 6.07) is 0. The van der Waals surface area contributed by atoms with Gasteiger partial charge >= 0.3 is 10.4 Å². The smallest absolute Gasteiger partial charge is 0.379 e. The number of rotatable bonds is 16. The maximum absolute atomic E-state index is 11.3. The molecule has 0 amide bonds. The van der Waals surface area contributed by atoms with Gasteiger partial charge in [-0.3, -0.25) is 0 Å². The molecule has 0 aromatic heterocycles. The lowest BCUT2D eigenvalue weighted by Crippen LogP contribution is -2.16. The third-order valence-corrected chi connectivity index (χ3v) is 3.21. The first-order chi connectivity index (χ1) is 10.1. The van der Waals surface area contributed by atoms with Crippen molar-refractivity contribution in [1.29, 1.82) is 0 Å². The summed E-state index contributed by atoms with van der Waals surface area (Å²) in [5.74, 6) is 0. The van der Waals surface area contributed by atoms with Crippen LogP contribution in [0.1, 0.15) is 46.0 Å². The largest absolute Gasteiger partial charge is 0.426 e. The quantitative estimate of drug-likeness (QED) is 0.244. The van der Waals surface area contributed by atoms with E-state index in [1.807, 2.05) is 6.92 Å². The van der Waals surface area contributed by atoms with Gasteiger partial charge in [-0.2, -0.15) is 8.42 Å². The normalized spacial score (nSPS) is 11.9. The summed E-state index contributed by atoms with van der Waals surface area (Å²) in [6.45, 7) is 5.77. The Hall–Kier alpha value is -0.250. The molecule has 0 N–H and O–H groups in total. The van der Waals surface area contributed by atoms with Crippen molar-refractivity contribution in [2.75, 3.05) is 39.6 Å². The van der Waals surface area contributed by atoms with E-state index in [0.29, 0.717) is 19.8 Å². The van der Waals surface area contributed by atoms with Crippen molar-refractivity contribution in [2.45, 2.75) is 46.0 Å². The maximum Gasteiger partial charge on any atom is 0.426 e. The van der Waals surface area contributed by atoms with Crippen LogP contribution in [0.5, 0.6) is 0 Å². The average Bonchev–Trinajstić information content (AvgIpc) is 2.45. The zero-order chi connectivity index (χ0) is 15.8. The van der Waals surface area contributed by atoms with Crippen molar-refractivity contribution < 1.29 is 31.3 Å². The van der Waals surface area contributed by atoms with E-state index in [2.05, 4.69) is 20.3 Å². The van der Waals surface area contributed by atoms with Gasteiger partial charge in [0.05, 0.1) is 33.0 Å². The van der Waals surface area contributed by atoms with Gasteiger partial charge in [0, 0.05) is 6.61 Å². The standard InChI is InChI=1S/C13H28O7S/c1-3-5-6-7-8-9-18-20-21(14,15)19-13-12-17-11-10-16-4-2/h3-13H2,1-2H3. The zero-order valence-electron chi connectivity index (χ0n) is 13.0. The summed E-state index contributed by atoms with van der Waals surface area (Å²) in [7, 11) is -4.11. The number of hydrogen-bond acceptors (Lipinski definition) is 7. The maximum atomic E-state index is 11.3. The van der Waals surface area contributed by atoms with Crippen LogP contribution in [0.25, 0.3) is 0 Å². The Bertz CT molecular complexity index is 282. The fourth-order valence-electron chi connectivity index (χ4n) is 1.44. The second-order valence-electron chi connectivity index (χ2n) is 4.34. The minimum atomic E-state index is -4.11. The third-order valence-electron chi connectivity index (χ3n) is 2.49. The van der Waals surface area contributed by atoms with Gasteiger partial charge in [-0.05, 0) is 13.3 Å². The Morgan fingerprint density at radius 2 is 1.43 bits per heavy atom. The van der Waals surface area contributed by atoms with Crippen LogP contribution in [0.3, 0.4) is 0 Å². The Labute approximate surface area is 128 Å². The highest BCUT2D eigenvalue weighted by Crippen LogP contribution is 2.04. The van der Waals surface area contributed by atoms with Crippen LogP contribution in [0.15, 0.2) is 0 Å². The molecule has 0 aromatic rings. The van der Waals surface area contributed by atoms with Crippen LogP contribution in [0.4, 0.5) is 0 Å². The van der Waals surface area contributed by atoms with Crippen molar-refractivity contribution in [3.05, 3.63) is 0 Å². The van der Waals surface area contributed by atoms with Crippen molar-refractivity contribution >= 4 is 10.4 Å². The molecule has 0 aliphatic rings. The minimum Gasteiger partial charge on any atom is -0.379 e. The van der Waals surface area contributed by atoms with E-state index in [1.54, 1.807) is 0 Å². The number of ether oxygens (including phenoxy) is 2. The third kappa shape index (κ3) is 16.0. The Balaban J connectivity index is 3.39. The van der Waals surface area contributed by atoms with E-state index in [0.717, 1.165) is 25.7 Å². The van der Waals surface area contributed by atoms with Crippen molar-refractivity contribution in [2.24, 2.45) is 0 Å². The molecule has 8 heteroatoms. The summed E-state index contributed by atoms with van der Waals surface area (Å²) in [5, 5.41) is 0. The Morgan fingerprint density at radius 3 is 2.14 bits per heavy atom. The first-order valence-corrected chi connectivity index (χ1v) is 8.81. The highest BCUT2D eigenvalue weighted by molar-refractivity contribution is 7.81. The molecule has 0 aromatic carbocycles. The summed E-state index contributed by atoms with van der Waals surface area (Å²) in [4.78, 5) is 4.62. The fraction of sp³-hybridized carbons (Fsp3) is 1.00. The molecule has 0 rings (SSSR count). The summed E-state index contributed by atoms with van der Waals surface area (Å²) in [6.07, 6.45) is 5.20. The molecule has 0 radical (unpaired) electrons. The van der Waals surface area contributed by atoms with Gasteiger partial charge in [0.2, 0.25) is 0 Å². The average molecular weight is 328 g/mol. The monoisotopic (exact) mass is 328 g/mol. The molecular weight excluding hydrogens is 300 g/mol. The van der Waals surface area contributed by atoms with Gasteiger partial charge in [-0.25, -0.2) is 9.07 Å². The Kier molecular flexibility index (Phi) is 14.5. The lowest BCUT2D eigenvalue weighted by molar-refractivity contribution is -0.210. The predicted octanol–water partition coefficient (Wildman–Crippen LogP) is 2.22. The molecule has 21 heavy (non-hydrogen) atoms. The van der Waals surface area contributed by atoms with Crippen molar-refractivity contribution in [3.8, 4) is 0 Å². The fourth-order valence-corrected chi connectivity index (χ4v) is 1.93. The summed E-state index contributed by atoms with van der Waals surface area (Å²) >= 11 is 0. The molecule has 0 aliphatic heterocycles. The van der Waals surface area contributed by atoms with E-state index >= 15 is 0 Å². The van der Waals surface area contributed by atoms with Gasteiger partial charge < -0.3 is 9.47 Å². The molecule has 0 fully saturated rings. The van der Waals surface area contributed by atoms with Gasteiger partial charge in [-0.1, -0.05) is 36.9 Å². The van der Waals surface area contributed by atoms with Crippen molar-refractivity contribution in [1.82, 2.24) is 0 Å². The molecule has 0 aliphatic carbocycles. The second kappa shape index (κ2) is 14.7. The topological polar surface area (TPSA) is 80.3 Å². The van der Waals surface area contributed by atoms with Crippen LogP contribution >= 0.6 is 0 Å². The molecule has 128 valence electrons. The molecule has 0 atom stereocenters. The van der Waals surface area contributed by atoms with Crippen LogP contribution in [-0.4, -0.2) is 48.1 Å². The minimum absolute atomic E-state index is 0.117. The lowest BCUT2D eigenvalue weighted by atomic mass is 10.2. The van der Waals surface area contributed by atoms with Crippen LogP contribution in [-0.2, 0) is 33.3 Å². The van der Waals surface area contributed by atoms with Gasteiger partial charge in [0.25, 0.3) is 0 Å². The van der Waals surface area contributed by atoms with E-state index in [4.69, 9.17) is 9.47 Å². The number of unbranched alkanes of at least 4 members (excludes halogenated alkanes) is 4. The summed E-state index contributed by atoms with van der Waals surface area (Å²) < 4.78 is 41.4. The van der Waals surface area contributed by atoms with Crippen molar-refractivity contribution in [3.63, 3.8) is 0 Å². The van der Waals surface area contributed by atoms with E-state index in [-0.39, 0.29) is 19.8 Å².